The van der Waals surface area contributed by atoms with Crippen molar-refractivity contribution >= 4 is 11.7 Å². The smallest absolute Gasteiger partial charge is 0.410 e. The van der Waals surface area contributed by atoms with E-state index >= 15 is 0 Å². The van der Waals surface area contributed by atoms with E-state index in [2.05, 4.69) is 12.1 Å². The van der Waals surface area contributed by atoms with Gasteiger partial charge in [-0.15, -0.1) is 0 Å². The first-order chi connectivity index (χ1) is 9.89. The molecule has 1 heterocycles. The first kappa shape index (κ1) is 15.4. The van der Waals surface area contributed by atoms with Crippen LogP contribution in [0.3, 0.4) is 0 Å². The van der Waals surface area contributed by atoms with Gasteiger partial charge >= 0.3 is 6.09 Å². The summed E-state index contributed by atoms with van der Waals surface area (Å²) in [5, 5.41) is 0. The van der Waals surface area contributed by atoms with E-state index in [1.807, 2.05) is 39.0 Å². The third-order valence-electron chi connectivity index (χ3n) is 3.30. The summed E-state index contributed by atoms with van der Waals surface area (Å²) in [5.41, 5.74) is 1.94. The fourth-order valence-corrected chi connectivity index (χ4v) is 2.25. The number of ether oxygens (including phenoxy) is 2. The minimum Gasteiger partial charge on any atom is -0.497 e. The molecule has 4 heteroatoms. The molecule has 0 aliphatic carbocycles. The van der Waals surface area contributed by atoms with Gasteiger partial charge in [-0.2, -0.15) is 0 Å². The third kappa shape index (κ3) is 4.25. The summed E-state index contributed by atoms with van der Waals surface area (Å²) in [4.78, 5) is 13.7. The number of carbonyl (C=O) groups excluding carboxylic acids is 1. The van der Waals surface area contributed by atoms with Crippen molar-refractivity contribution < 1.29 is 14.3 Å². The minimum absolute atomic E-state index is 0.247. The molecule has 1 aliphatic heterocycles. The van der Waals surface area contributed by atoms with E-state index in [4.69, 9.17) is 9.47 Å². The second-order valence-electron chi connectivity index (χ2n) is 6.14. The molecule has 0 atom stereocenters. The molecule has 0 saturated heterocycles. The van der Waals surface area contributed by atoms with Crippen molar-refractivity contribution in [3.63, 3.8) is 0 Å². The Bertz CT molecular complexity index is 543. The molecule has 0 fully saturated rings. The zero-order valence-corrected chi connectivity index (χ0v) is 13.2. The number of hydrogen-bond acceptors (Lipinski definition) is 3. The van der Waals surface area contributed by atoms with Crippen LogP contribution in [0.25, 0.3) is 5.57 Å². The van der Waals surface area contributed by atoms with Gasteiger partial charge in [0.15, 0.2) is 0 Å². The summed E-state index contributed by atoms with van der Waals surface area (Å²) in [6.45, 7) is 6.91. The highest BCUT2D eigenvalue weighted by atomic mass is 16.6. The predicted octanol–water partition coefficient (Wildman–Crippen LogP) is 3.72. The van der Waals surface area contributed by atoms with E-state index in [0.29, 0.717) is 13.1 Å². The van der Waals surface area contributed by atoms with Crippen LogP contribution >= 0.6 is 0 Å². The first-order valence-corrected chi connectivity index (χ1v) is 7.20. The lowest BCUT2D eigenvalue weighted by Crippen LogP contribution is -2.39. The monoisotopic (exact) mass is 289 g/mol. The lowest BCUT2D eigenvalue weighted by atomic mass is 9.99. The minimum atomic E-state index is -0.451. The van der Waals surface area contributed by atoms with Gasteiger partial charge in [0.25, 0.3) is 0 Å². The van der Waals surface area contributed by atoms with Crippen LogP contribution in [0.15, 0.2) is 30.3 Å². The molecule has 0 bridgehead atoms. The molecule has 1 aromatic rings. The van der Waals surface area contributed by atoms with E-state index in [1.54, 1.807) is 12.0 Å². The van der Waals surface area contributed by atoms with Crippen molar-refractivity contribution in [1.82, 2.24) is 4.90 Å². The number of benzene rings is 1. The molecule has 1 aromatic carbocycles. The van der Waals surface area contributed by atoms with Crippen molar-refractivity contribution in [2.75, 3.05) is 20.2 Å². The summed E-state index contributed by atoms with van der Waals surface area (Å²) < 4.78 is 10.6. The normalized spacial score (nSPS) is 15.4. The van der Waals surface area contributed by atoms with Crippen molar-refractivity contribution in [3.05, 3.63) is 35.9 Å². The van der Waals surface area contributed by atoms with Crippen LogP contribution in [0.2, 0.25) is 0 Å². The molecule has 0 saturated carbocycles. The molecular formula is C17H23NO3. The molecule has 21 heavy (non-hydrogen) atoms. The molecule has 0 N–H and O–H groups in total. The van der Waals surface area contributed by atoms with Gasteiger partial charge in [0, 0.05) is 13.1 Å². The third-order valence-corrected chi connectivity index (χ3v) is 3.30. The lowest BCUT2D eigenvalue weighted by molar-refractivity contribution is 0.0270. The average Bonchev–Trinajstić information content (AvgIpc) is 2.46. The molecule has 0 radical (unpaired) electrons. The Balaban J connectivity index is 2.03. The molecule has 1 aliphatic rings. The molecule has 4 nitrogen and oxygen atoms in total. The van der Waals surface area contributed by atoms with Crippen LogP contribution in [-0.2, 0) is 4.74 Å². The highest BCUT2D eigenvalue weighted by molar-refractivity contribution is 5.73. The Morgan fingerprint density at radius 2 is 2.05 bits per heavy atom. The Kier molecular flexibility index (Phi) is 4.56. The maximum absolute atomic E-state index is 12.0. The summed E-state index contributed by atoms with van der Waals surface area (Å²) in [6.07, 6.45) is 2.66. The van der Waals surface area contributed by atoms with Gasteiger partial charge in [0.05, 0.1) is 7.11 Å². The SMILES string of the molecule is COc1cccc(C2=CCN(C(=O)OC(C)(C)C)CC2)c1. The fraction of sp³-hybridized carbons (Fsp3) is 0.471. The number of amides is 1. The maximum Gasteiger partial charge on any atom is 0.410 e. The molecule has 2 rings (SSSR count). The van der Waals surface area contributed by atoms with Gasteiger partial charge in [0.1, 0.15) is 11.4 Å². The Labute approximate surface area is 126 Å². The standard InChI is InChI=1S/C17H23NO3/c1-17(2,3)21-16(19)18-10-8-13(9-11-18)14-6-5-7-15(12-14)20-4/h5-8,12H,9-11H2,1-4H3. The van der Waals surface area contributed by atoms with Gasteiger partial charge in [0.2, 0.25) is 0 Å². The van der Waals surface area contributed by atoms with Gasteiger partial charge < -0.3 is 14.4 Å². The molecular weight excluding hydrogens is 266 g/mol. The largest absolute Gasteiger partial charge is 0.497 e. The van der Waals surface area contributed by atoms with Crippen molar-refractivity contribution in [2.24, 2.45) is 0 Å². The zero-order valence-electron chi connectivity index (χ0n) is 13.2. The van der Waals surface area contributed by atoms with Crippen LogP contribution in [0.4, 0.5) is 4.79 Å². The predicted molar refractivity (Wildman–Crippen MR) is 83.4 cm³/mol. The van der Waals surface area contributed by atoms with Gasteiger partial charge in [-0.1, -0.05) is 18.2 Å². The van der Waals surface area contributed by atoms with Gasteiger partial charge in [-0.3, -0.25) is 0 Å². The summed E-state index contributed by atoms with van der Waals surface area (Å²) >= 11 is 0. The van der Waals surface area contributed by atoms with Crippen molar-refractivity contribution in [3.8, 4) is 5.75 Å². The molecule has 0 aromatic heterocycles. The highest BCUT2D eigenvalue weighted by Crippen LogP contribution is 2.26. The van der Waals surface area contributed by atoms with Gasteiger partial charge in [-0.05, 0) is 50.5 Å². The van der Waals surface area contributed by atoms with E-state index in [1.165, 1.54) is 5.57 Å². The summed E-state index contributed by atoms with van der Waals surface area (Å²) in [5.74, 6) is 0.850. The van der Waals surface area contributed by atoms with Crippen molar-refractivity contribution in [1.29, 1.82) is 0 Å². The second kappa shape index (κ2) is 6.20. The number of hydrogen-bond donors (Lipinski definition) is 0. The first-order valence-electron chi connectivity index (χ1n) is 7.20. The van der Waals surface area contributed by atoms with E-state index in [-0.39, 0.29) is 6.09 Å². The van der Waals surface area contributed by atoms with Crippen LogP contribution in [0.5, 0.6) is 5.75 Å². The molecule has 0 spiro atoms. The van der Waals surface area contributed by atoms with Crippen LogP contribution in [0.1, 0.15) is 32.8 Å². The highest BCUT2D eigenvalue weighted by Gasteiger charge is 2.23. The van der Waals surface area contributed by atoms with Crippen LogP contribution in [-0.4, -0.2) is 36.8 Å². The average molecular weight is 289 g/mol. The van der Waals surface area contributed by atoms with E-state index in [9.17, 15) is 4.79 Å². The van der Waals surface area contributed by atoms with E-state index in [0.717, 1.165) is 17.7 Å². The zero-order chi connectivity index (χ0) is 15.5. The van der Waals surface area contributed by atoms with Crippen LogP contribution in [0, 0.1) is 0 Å². The topological polar surface area (TPSA) is 38.8 Å². The number of rotatable bonds is 2. The Hall–Kier alpha value is -1.97. The number of carbonyl (C=O) groups is 1. The maximum atomic E-state index is 12.0. The quantitative estimate of drug-likeness (QED) is 0.833. The van der Waals surface area contributed by atoms with E-state index < -0.39 is 5.60 Å². The Morgan fingerprint density at radius 3 is 2.62 bits per heavy atom. The number of methoxy groups -OCH3 is 1. The Morgan fingerprint density at radius 1 is 1.29 bits per heavy atom. The van der Waals surface area contributed by atoms with Crippen LogP contribution < -0.4 is 4.74 Å². The molecule has 1 amide bonds. The molecule has 114 valence electrons. The number of nitrogens with zero attached hydrogens (tertiary/aromatic N) is 1. The lowest BCUT2D eigenvalue weighted by Gasteiger charge is -2.29. The fourth-order valence-electron chi connectivity index (χ4n) is 2.25. The second-order valence-corrected chi connectivity index (χ2v) is 6.14. The summed E-state index contributed by atoms with van der Waals surface area (Å²) in [6, 6.07) is 8.00. The molecule has 0 unspecified atom stereocenters. The van der Waals surface area contributed by atoms with Gasteiger partial charge in [-0.25, -0.2) is 4.79 Å². The van der Waals surface area contributed by atoms with Crippen molar-refractivity contribution in [2.45, 2.75) is 32.8 Å². The summed E-state index contributed by atoms with van der Waals surface area (Å²) in [7, 11) is 1.67.